The first kappa shape index (κ1) is 27.8. The minimum absolute atomic E-state index is 0.278. The third-order valence-electron chi connectivity index (χ3n) is 11.6. The molecule has 5 heteroatoms. The summed E-state index contributed by atoms with van der Waals surface area (Å²) in [5.41, 5.74) is 12.8. The predicted octanol–water partition coefficient (Wildman–Crippen LogP) is 9.46. The second-order valence-corrected chi connectivity index (χ2v) is 14.0. The molecule has 0 amide bonds. The van der Waals surface area contributed by atoms with Gasteiger partial charge in [0.15, 0.2) is 0 Å². The average Bonchev–Trinajstić information content (AvgIpc) is 3.95. The maximum atomic E-state index is 14.6. The molecule has 1 atom stereocenters. The van der Waals surface area contributed by atoms with Gasteiger partial charge in [-0.1, -0.05) is 127 Å². The molecule has 0 saturated heterocycles. The molecule has 0 fully saturated rings. The van der Waals surface area contributed by atoms with Crippen molar-refractivity contribution in [2.24, 2.45) is 0 Å². The van der Waals surface area contributed by atoms with E-state index in [2.05, 4.69) is 132 Å². The van der Waals surface area contributed by atoms with Crippen molar-refractivity contribution < 1.29 is 0 Å². The van der Waals surface area contributed by atoms with Crippen LogP contribution in [0.15, 0.2) is 173 Å². The van der Waals surface area contributed by atoms with Crippen LogP contribution in [0.2, 0.25) is 0 Å². The van der Waals surface area contributed by atoms with Gasteiger partial charge in [0.05, 0.1) is 44.3 Å². The smallest absolute Gasteiger partial charge is 0.282 e. The molecule has 0 bridgehead atoms. The minimum Gasteiger partial charge on any atom is -0.309 e. The van der Waals surface area contributed by atoms with E-state index in [1.165, 1.54) is 26.4 Å². The zero-order valence-corrected chi connectivity index (χ0v) is 27.7. The fourth-order valence-corrected chi connectivity index (χ4v) is 9.70. The number of nitrogens with zero attached hydrogens (tertiary/aromatic N) is 3. The highest BCUT2D eigenvalue weighted by atomic mass is 16.2. The Morgan fingerprint density at radius 2 is 1.02 bits per heavy atom. The summed E-state index contributed by atoms with van der Waals surface area (Å²) in [5.74, 6) is 0. The van der Waals surface area contributed by atoms with Crippen molar-refractivity contribution in [2.45, 2.75) is 5.41 Å². The SMILES string of the molecule is O=c1c2c(n3c4ccccc4c(=O)n13)C1(c3ccccc3-c3c(-n4c5ccccc5c5cc(-c6ccccc6)ccc54)cccc31)c1ccccc1-2. The number of fused-ring (bicyclic) bond motifs is 17. The fourth-order valence-electron chi connectivity index (χ4n) is 9.70. The maximum Gasteiger partial charge on any atom is 0.282 e. The van der Waals surface area contributed by atoms with Crippen LogP contribution < -0.4 is 11.1 Å². The van der Waals surface area contributed by atoms with Gasteiger partial charge in [-0.3, -0.25) is 9.59 Å². The van der Waals surface area contributed by atoms with Crippen LogP contribution in [0.1, 0.15) is 22.4 Å². The van der Waals surface area contributed by atoms with Crippen LogP contribution in [-0.4, -0.2) is 13.6 Å². The van der Waals surface area contributed by atoms with Gasteiger partial charge < -0.3 is 4.57 Å². The molecule has 242 valence electrons. The first-order valence-electron chi connectivity index (χ1n) is 17.6. The molecule has 2 aliphatic carbocycles. The van der Waals surface area contributed by atoms with Crippen LogP contribution >= 0.6 is 0 Å². The molecule has 1 spiro atoms. The highest BCUT2D eigenvalue weighted by Gasteiger charge is 2.56. The molecule has 3 heterocycles. The van der Waals surface area contributed by atoms with Crippen LogP contribution in [0.3, 0.4) is 0 Å². The van der Waals surface area contributed by atoms with Crippen LogP contribution in [0.4, 0.5) is 0 Å². The monoisotopic (exact) mass is 665 g/mol. The van der Waals surface area contributed by atoms with Gasteiger partial charge in [0.2, 0.25) is 0 Å². The predicted molar refractivity (Wildman–Crippen MR) is 208 cm³/mol. The van der Waals surface area contributed by atoms with Crippen LogP contribution in [0.25, 0.3) is 71.8 Å². The molecule has 0 saturated carbocycles. The number of hydrogen-bond donors (Lipinski definition) is 0. The van der Waals surface area contributed by atoms with Gasteiger partial charge in [0.25, 0.3) is 11.1 Å². The topological polar surface area (TPSA) is 47.9 Å². The molecule has 5 nitrogen and oxygen atoms in total. The van der Waals surface area contributed by atoms with Gasteiger partial charge in [-0.2, -0.15) is 4.52 Å². The van der Waals surface area contributed by atoms with E-state index in [0.29, 0.717) is 10.9 Å². The highest BCUT2D eigenvalue weighted by Crippen LogP contribution is 2.63. The summed E-state index contributed by atoms with van der Waals surface area (Å²) in [6.07, 6.45) is 0. The quantitative estimate of drug-likeness (QED) is 0.185. The van der Waals surface area contributed by atoms with Crippen molar-refractivity contribution in [1.29, 1.82) is 0 Å². The number of benzene rings is 7. The molecule has 12 rings (SSSR count). The van der Waals surface area contributed by atoms with E-state index in [9.17, 15) is 9.59 Å². The summed E-state index contributed by atoms with van der Waals surface area (Å²) in [5, 5.41) is 2.92. The van der Waals surface area contributed by atoms with E-state index in [0.717, 1.165) is 61.3 Å². The number of rotatable bonds is 2. The second kappa shape index (κ2) is 9.62. The van der Waals surface area contributed by atoms with Crippen molar-refractivity contribution in [2.75, 3.05) is 0 Å². The van der Waals surface area contributed by atoms with Crippen molar-refractivity contribution in [3.05, 3.63) is 207 Å². The molecule has 52 heavy (non-hydrogen) atoms. The highest BCUT2D eigenvalue weighted by molar-refractivity contribution is 6.11. The van der Waals surface area contributed by atoms with Crippen molar-refractivity contribution in [3.8, 4) is 39.1 Å². The molecule has 0 aliphatic heterocycles. The van der Waals surface area contributed by atoms with E-state index in [1.807, 2.05) is 40.9 Å². The zero-order valence-electron chi connectivity index (χ0n) is 27.7. The Morgan fingerprint density at radius 3 is 1.81 bits per heavy atom. The van der Waals surface area contributed by atoms with Gasteiger partial charge >= 0.3 is 0 Å². The Balaban J connectivity index is 1.24. The first-order valence-corrected chi connectivity index (χ1v) is 17.6. The van der Waals surface area contributed by atoms with E-state index in [-0.39, 0.29) is 11.1 Å². The molecule has 3 aromatic heterocycles. The van der Waals surface area contributed by atoms with Gasteiger partial charge in [-0.15, -0.1) is 0 Å². The lowest BCUT2D eigenvalue weighted by molar-refractivity contribution is 0.692. The third kappa shape index (κ3) is 3.12. The molecule has 2 aliphatic rings. The standard InChI is InChI=1S/C47H27N3O2/c51-45-33-18-7-11-23-40(33)49-44-43(46(52)50(45)49)32-17-5-9-20-36(32)47(44)35-19-8-4-16-31(35)42-37(47)21-12-24-41(42)48-38-22-10-6-15-30(38)34-27-29(25-26-39(34)48)28-13-2-1-3-14-28/h1-27H. The number of aromatic nitrogens is 3. The Bertz CT molecular complexity index is 3290. The lowest BCUT2D eigenvalue weighted by Gasteiger charge is -2.30. The van der Waals surface area contributed by atoms with Crippen molar-refractivity contribution in [3.63, 3.8) is 0 Å². The van der Waals surface area contributed by atoms with E-state index in [4.69, 9.17) is 0 Å². The summed E-state index contributed by atoms with van der Waals surface area (Å²) in [4.78, 5) is 28.5. The van der Waals surface area contributed by atoms with Crippen LogP contribution in [-0.2, 0) is 5.41 Å². The molecular weight excluding hydrogens is 639 g/mol. The summed E-state index contributed by atoms with van der Waals surface area (Å²) in [6.45, 7) is 0. The summed E-state index contributed by atoms with van der Waals surface area (Å²) < 4.78 is 5.68. The third-order valence-corrected chi connectivity index (χ3v) is 11.6. The molecule has 1 unspecified atom stereocenters. The number of para-hydroxylation sites is 2. The Kier molecular flexibility index (Phi) is 5.14. The summed E-state index contributed by atoms with van der Waals surface area (Å²) in [7, 11) is 0. The van der Waals surface area contributed by atoms with Crippen LogP contribution in [0.5, 0.6) is 0 Å². The van der Waals surface area contributed by atoms with Gasteiger partial charge in [-0.05, 0) is 75.3 Å². The van der Waals surface area contributed by atoms with E-state index >= 15 is 0 Å². The van der Waals surface area contributed by atoms with Gasteiger partial charge in [0.1, 0.15) is 0 Å². The number of hydrogen-bond acceptors (Lipinski definition) is 2. The normalized spacial score (nSPS) is 15.5. The molecule has 0 radical (unpaired) electrons. The fraction of sp³-hybridized carbons (Fsp3) is 0.0213. The Morgan fingerprint density at radius 1 is 0.404 bits per heavy atom. The van der Waals surface area contributed by atoms with Crippen molar-refractivity contribution >= 4 is 32.7 Å². The van der Waals surface area contributed by atoms with Gasteiger partial charge in [-0.25, -0.2) is 4.52 Å². The summed E-state index contributed by atoms with van der Waals surface area (Å²) >= 11 is 0. The minimum atomic E-state index is -0.838. The largest absolute Gasteiger partial charge is 0.309 e. The Labute approximate surface area is 296 Å². The second-order valence-electron chi connectivity index (χ2n) is 14.0. The van der Waals surface area contributed by atoms with Crippen molar-refractivity contribution in [1.82, 2.24) is 13.6 Å². The molecular formula is C47H27N3O2. The van der Waals surface area contributed by atoms with Crippen LogP contribution in [0, 0.1) is 0 Å². The maximum absolute atomic E-state index is 14.6. The van der Waals surface area contributed by atoms with Gasteiger partial charge in [0, 0.05) is 16.3 Å². The first-order chi connectivity index (χ1) is 25.7. The molecule has 10 aromatic rings. The molecule has 0 N–H and O–H groups in total. The van der Waals surface area contributed by atoms with E-state index in [1.54, 1.807) is 0 Å². The summed E-state index contributed by atoms with van der Waals surface area (Å²) in [6, 6.07) is 57.0. The Hall–Kier alpha value is -6.98. The zero-order chi connectivity index (χ0) is 34.3. The molecule has 7 aromatic carbocycles. The lowest BCUT2D eigenvalue weighted by Crippen LogP contribution is -2.29. The average molecular weight is 666 g/mol. The van der Waals surface area contributed by atoms with E-state index < -0.39 is 5.41 Å². The lowest BCUT2D eigenvalue weighted by atomic mass is 9.72.